The van der Waals surface area contributed by atoms with Crippen LogP contribution in [0.1, 0.15) is 45.4 Å². The molecule has 3 heteroatoms. The van der Waals surface area contributed by atoms with Gasteiger partial charge in [0.1, 0.15) is 6.10 Å². The van der Waals surface area contributed by atoms with Crippen LogP contribution < -0.4 is 5.32 Å². The first-order chi connectivity index (χ1) is 6.33. The van der Waals surface area contributed by atoms with Crippen LogP contribution in [-0.2, 0) is 4.74 Å². The topological polar surface area (TPSA) is 38.3 Å². The Hall–Kier alpha value is -0.730. The number of hydrogen-bond acceptors (Lipinski definition) is 2. The highest BCUT2D eigenvalue weighted by Crippen LogP contribution is 2.19. The molecule has 1 saturated carbocycles. The first-order valence-electron chi connectivity index (χ1n) is 5.27. The fourth-order valence-electron chi connectivity index (χ4n) is 1.70. The highest BCUT2D eigenvalue weighted by molar-refractivity contribution is 5.67. The summed E-state index contributed by atoms with van der Waals surface area (Å²) in [5, 5.41) is 2.65. The number of ether oxygens (including phenoxy) is 1. The van der Waals surface area contributed by atoms with E-state index < -0.39 is 0 Å². The Balaban J connectivity index is 2.21. The predicted molar refractivity (Wildman–Crippen MR) is 51.6 cm³/mol. The molecule has 1 amide bonds. The molecule has 0 radical (unpaired) electrons. The fraction of sp³-hybridized carbons (Fsp3) is 0.900. The van der Waals surface area contributed by atoms with E-state index in [2.05, 4.69) is 5.32 Å². The van der Waals surface area contributed by atoms with E-state index in [4.69, 9.17) is 4.74 Å². The first-order valence-corrected chi connectivity index (χ1v) is 5.27. The summed E-state index contributed by atoms with van der Waals surface area (Å²) in [6.45, 7) is 2.54. The molecule has 1 rings (SSSR count). The Morgan fingerprint density at radius 3 is 2.46 bits per heavy atom. The van der Waals surface area contributed by atoms with Gasteiger partial charge < -0.3 is 10.1 Å². The van der Waals surface area contributed by atoms with Gasteiger partial charge in [-0.2, -0.15) is 0 Å². The Morgan fingerprint density at radius 1 is 1.31 bits per heavy atom. The van der Waals surface area contributed by atoms with Gasteiger partial charge in [-0.25, -0.2) is 4.79 Å². The third kappa shape index (κ3) is 4.15. The van der Waals surface area contributed by atoms with Gasteiger partial charge in [-0.15, -0.1) is 0 Å². The van der Waals surface area contributed by atoms with Crippen molar-refractivity contribution < 1.29 is 9.53 Å². The maximum atomic E-state index is 11.1. The van der Waals surface area contributed by atoms with E-state index in [1.165, 1.54) is 25.7 Å². The number of hydrogen-bond donors (Lipinski definition) is 1. The van der Waals surface area contributed by atoms with E-state index in [-0.39, 0.29) is 12.2 Å². The Bertz CT molecular complexity index is 151. The summed E-state index contributed by atoms with van der Waals surface area (Å²) in [5.41, 5.74) is 0. The van der Waals surface area contributed by atoms with Crippen molar-refractivity contribution in [2.45, 2.75) is 51.6 Å². The van der Waals surface area contributed by atoms with Crippen molar-refractivity contribution in [1.82, 2.24) is 5.32 Å². The van der Waals surface area contributed by atoms with Crippen LogP contribution in [-0.4, -0.2) is 18.7 Å². The minimum Gasteiger partial charge on any atom is -0.446 e. The molecule has 1 aliphatic rings. The highest BCUT2D eigenvalue weighted by atomic mass is 16.6. The van der Waals surface area contributed by atoms with E-state index in [1.54, 1.807) is 0 Å². The lowest BCUT2D eigenvalue weighted by Gasteiger charge is -2.15. The summed E-state index contributed by atoms with van der Waals surface area (Å²) in [6.07, 6.45) is 6.95. The highest BCUT2D eigenvalue weighted by Gasteiger charge is 2.15. The lowest BCUT2D eigenvalue weighted by Crippen LogP contribution is -2.28. The SMILES string of the molecule is CCNC(=O)OC1CCCCCC1. The summed E-state index contributed by atoms with van der Waals surface area (Å²) in [5.74, 6) is 0. The smallest absolute Gasteiger partial charge is 0.407 e. The molecule has 1 aliphatic carbocycles. The molecule has 0 bridgehead atoms. The lowest BCUT2D eigenvalue weighted by molar-refractivity contribution is 0.0893. The number of carbonyl (C=O) groups is 1. The zero-order valence-electron chi connectivity index (χ0n) is 8.34. The van der Waals surface area contributed by atoms with Crippen molar-refractivity contribution in [2.24, 2.45) is 0 Å². The quantitative estimate of drug-likeness (QED) is 0.671. The van der Waals surface area contributed by atoms with Crippen LogP contribution in [0.4, 0.5) is 4.79 Å². The second-order valence-electron chi connectivity index (χ2n) is 3.55. The Kier molecular flexibility index (Phi) is 4.65. The largest absolute Gasteiger partial charge is 0.446 e. The molecule has 0 aromatic heterocycles. The molecule has 0 aromatic carbocycles. The van der Waals surface area contributed by atoms with Gasteiger partial charge in [0.15, 0.2) is 0 Å². The summed E-state index contributed by atoms with van der Waals surface area (Å²) in [6, 6.07) is 0. The van der Waals surface area contributed by atoms with Crippen molar-refractivity contribution in [2.75, 3.05) is 6.54 Å². The molecule has 13 heavy (non-hydrogen) atoms. The standard InChI is InChI=1S/C10H19NO2/c1-2-11-10(12)13-9-7-5-3-4-6-8-9/h9H,2-8H2,1H3,(H,11,12). The number of alkyl carbamates (subject to hydrolysis) is 1. The second-order valence-corrected chi connectivity index (χ2v) is 3.55. The third-order valence-corrected chi connectivity index (χ3v) is 2.40. The van der Waals surface area contributed by atoms with Crippen molar-refractivity contribution in [3.05, 3.63) is 0 Å². The molecule has 1 N–H and O–H groups in total. The van der Waals surface area contributed by atoms with E-state index in [0.717, 1.165) is 12.8 Å². The first kappa shape index (κ1) is 10.4. The molecule has 1 fully saturated rings. The molecule has 3 nitrogen and oxygen atoms in total. The van der Waals surface area contributed by atoms with Gasteiger partial charge in [-0.1, -0.05) is 12.8 Å². The van der Waals surface area contributed by atoms with Gasteiger partial charge in [0.25, 0.3) is 0 Å². The van der Waals surface area contributed by atoms with Crippen LogP contribution in [0.25, 0.3) is 0 Å². The Morgan fingerprint density at radius 2 is 1.92 bits per heavy atom. The third-order valence-electron chi connectivity index (χ3n) is 2.40. The van der Waals surface area contributed by atoms with Crippen LogP contribution in [0.2, 0.25) is 0 Å². The van der Waals surface area contributed by atoms with Crippen LogP contribution in [0.3, 0.4) is 0 Å². The van der Waals surface area contributed by atoms with Crippen LogP contribution in [0.5, 0.6) is 0 Å². The van der Waals surface area contributed by atoms with Crippen molar-refractivity contribution >= 4 is 6.09 Å². The maximum Gasteiger partial charge on any atom is 0.407 e. The number of rotatable bonds is 2. The van der Waals surface area contributed by atoms with Gasteiger partial charge in [0, 0.05) is 6.54 Å². The number of nitrogens with one attached hydrogen (secondary N) is 1. The van der Waals surface area contributed by atoms with E-state index >= 15 is 0 Å². The molecular weight excluding hydrogens is 166 g/mol. The molecule has 0 spiro atoms. The van der Waals surface area contributed by atoms with Crippen LogP contribution >= 0.6 is 0 Å². The normalized spacial score (nSPS) is 19.2. The van der Waals surface area contributed by atoms with Crippen LogP contribution in [0, 0.1) is 0 Å². The zero-order valence-corrected chi connectivity index (χ0v) is 8.34. The van der Waals surface area contributed by atoms with Crippen LogP contribution in [0.15, 0.2) is 0 Å². The maximum absolute atomic E-state index is 11.1. The summed E-state index contributed by atoms with van der Waals surface area (Å²) < 4.78 is 5.26. The van der Waals surface area contributed by atoms with Gasteiger partial charge in [-0.05, 0) is 32.6 Å². The molecule has 76 valence electrons. The molecule has 0 heterocycles. The number of amides is 1. The minimum atomic E-state index is -0.255. The predicted octanol–water partition coefficient (Wildman–Crippen LogP) is 2.46. The molecule has 0 aromatic rings. The molecule has 0 aliphatic heterocycles. The summed E-state index contributed by atoms with van der Waals surface area (Å²) in [4.78, 5) is 11.1. The summed E-state index contributed by atoms with van der Waals surface area (Å²) >= 11 is 0. The fourth-order valence-corrected chi connectivity index (χ4v) is 1.70. The zero-order chi connectivity index (χ0) is 9.52. The monoisotopic (exact) mass is 185 g/mol. The molecule has 0 saturated heterocycles. The molecule has 0 unspecified atom stereocenters. The lowest BCUT2D eigenvalue weighted by atomic mass is 10.2. The molecule has 0 atom stereocenters. The average Bonchev–Trinajstić information content (AvgIpc) is 2.33. The average molecular weight is 185 g/mol. The van der Waals surface area contributed by atoms with Crippen molar-refractivity contribution in [3.8, 4) is 0 Å². The van der Waals surface area contributed by atoms with Gasteiger partial charge in [0.05, 0.1) is 0 Å². The van der Waals surface area contributed by atoms with E-state index in [1.807, 2.05) is 6.92 Å². The summed E-state index contributed by atoms with van der Waals surface area (Å²) in [7, 11) is 0. The van der Waals surface area contributed by atoms with E-state index in [0.29, 0.717) is 6.54 Å². The van der Waals surface area contributed by atoms with Gasteiger partial charge >= 0.3 is 6.09 Å². The number of carbonyl (C=O) groups excluding carboxylic acids is 1. The Labute approximate surface area is 79.8 Å². The van der Waals surface area contributed by atoms with Gasteiger partial charge in [0.2, 0.25) is 0 Å². The van der Waals surface area contributed by atoms with Crippen molar-refractivity contribution in [3.63, 3.8) is 0 Å². The minimum absolute atomic E-state index is 0.161. The van der Waals surface area contributed by atoms with E-state index in [9.17, 15) is 4.79 Å². The second kappa shape index (κ2) is 5.84. The van der Waals surface area contributed by atoms with Crippen molar-refractivity contribution in [1.29, 1.82) is 0 Å². The molecular formula is C10H19NO2. The van der Waals surface area contributed by atoms with Gasteiger partial charge in [-0.3, -0.25) is 0 Å².